The smallest absolute Gasteiger partial charge is 0.261 e. The highest BCUT2D eigenvalue weighted by Gasteiger charge is 2.28. The molecule has 2 amide bonds. The van der Waals surface area contributed by atoms with Gasteiger partial charge in [0.2, 0.25) is 5.91 Å². The molecule has 0 fully saturated rings. The molecule has 0 aliphatic carbocycles. The fourth-order valence-corrected chi connectivity index (χ4v) is 3.86. The van der Waals surface area contributed by atoms with Gasteiger partial charge in [-0.1, -0.05) is 49.7 Å². The van der Waals surface area contributed by atoms with Crippen molar-refractivity contribution in [2.45, 2.75) is 53.1 Å². The maximum atomic E-state index is 13.2. The van der Waals surface area contributed by atoms with E-state index in [4.69, 9.17) is 4.74 Å². The molecule has 2 aromatic carbocycles. The number of hydrogen-bond acceptors (Lipinski definition) is 3. The van der Waals surface area contributed by atoms with Gasteiger partial charge in [-0.3, -0.25) is 9.59 Å². The summed E-state index contributed by atoms with van der Waals surface area (Å²) in [6, 6.07) is 13.3. The Balaban J connectivity index is 2.21. The Morgan fingerprint density at radius 2 is 1.87 bits per heavy atom. The summed E-state index contributed by atoms with van der Waals surface area (Å²) >= 11 is 3.51. The van der Waals surface area contributed by atoms with E-state index in [1.54, 1.807) is 4.90 Å². The number of nitrogens with zero attached hydrogens (tertiary/aromatic N) is 1. The van der Waals surface area contributed by atoms with Gasteiger partial charge in [0.1, 0.15) is 11.8 Å². The van der Waals surface area contributed by atoms with Gasteiger partial charge >= 0.3 is 0 Å². The SMILES string of the molecule is CCNC(=O)[C@@H](CC)N(Cc1cccc(C)c1)C(=O)COc1ccc(CC)cc1Br. The fraction of sp³-hybridized carbons (Fsp3) is 0.417. The fourth-order valence-electron chi connectivity index (χ4n) is 3.32. The van der Waals surface area contributed by atoms with Crippen LogP contribution in [-0.2, 0) is 22.6 Å². The van der Waals surface area contributed by atoms with Crippen molar-refractivity contribution in [2.75, 3.05) is 13.2 Å². The first kappa shape index (κ1) is 23.9. The molecule has 0 aliphatic rings. The Kier molecular flexibility index (Phi) is 9.37. The van der Waals surface area contributed by atoms with Crippen molar-refractivity contribution in [3.05, 3.63) is 63.6 Å². The molecule has 5 nitrogen and oxygen atoms in total. The van der Waals surface area contributed by atoms with E-state index in [2.05, 4.69) is 28.2 Å². The predicted molar refractivity (Wildman–Crippen MR) is 124 cm³/mol. The molecule has 0 radical (unpaired) electrons. The van der Waals surface area contributed by atoms with Crippen LogP contribution in [0, 0.1) is 6.92 Å². The average molecular weight is 475 g/mol. The lowest BCUT2D eigenvalue weighted by atomic mass is 10.1. The molecular weight excluding hydrogens is 444 g/mol. The third-order valence-corrected chi connectivity index (χ3v) is 5.55. The normalized spacial score (nSPS) is 11.6. The van der Waals surface area contributed by atoms with E-state index in [1.165, 1.54) is 5.56 Å². The molecule has 0 unspecified atom stereocenters. The van der Waals surface area contributed by atoms with Gasteiger partial charge in [-0.15, -0.1) is 0 Å². The summed E-state index contributed by atoms with van der Waals surface area (Å²) in [6.07, 6.45) is 1.45. The van der Waals surface area contributed by atoms with E-state index in [0.29, 0.717) is 25.3 Å². The Morgan fingerprint density at radius 3 is 2.47 bits per heavy atom. The molecular formula is C24H31BrN2O3. The van der Waals surface area contributed by atoms with E-state index < -0.39 is 6.04 Å². The van der Waals surface area contributed by atoms with Gasteiger partial charge in [0, 0.05) is 13.1 Å². The van der Waals surface area contributed by atoms with E-state index >= 15 is 0 Å². The first-order valence-electron chi connectivity index (χ1n) is 10.4. The van der Waals surface area contributed by atoms with E-state index in [0.717, 1.165) is 22.0 Å². The van der Waals surface area contributed by atoms with Crippen LogP contribution in [0.5, 0.6) is 5.75 Å². The number of aryl methyl sites for hydroxylation is 2. The highest BCUT2D eigenvalue weighted by atomic mass is 79.9. The monoisotopic (exact) mass is 474 g/mol. The number of amides is 2. The van der Waals surface area contributed by atoms with Gasteiger partial charge in [0.25, 0.3) is 5.91 Å². The zero-order chi connectivity index (χ0) is 22.1. The highest BCUT2D eigenvalue weighted by Crippen LogP contribution is 2.26. The average Bonchev–Trinajstić information content (AvgIpc) is 2.72. The number of carbonyl (C=O) groups is 2. The molecule has 1 N–H and O–H groups in total. The van der Waals surface area contributed by atoms with Crippen LogP contribution in [0.15, 0.2) is 46.9 Å². The summed E-state index contributed by atoms with van der Waals surface area (Å²) in [5.41, 5.74) is 3.28. The van der Waals surface area contributed by atoms with Crippen LogP contribution in [0.3, 0.4) is 0 Å². The second-order valence-electron chi connectivity index (χ2n) is 7.24. The second-order valence-corrected chi connectivity index (χ2v) is 8.09. The van der Waals surface area contributed by atoms with Crippen LogP contribution < -0.4 is 10.1 Å². The Morgan fingerprint density at radius 1 is 1.10 bits per heavy atom. The van der Waals surface area contributed by atoms with Crippen molar-refractivity contribution < 1.29 is 14.3 Å². The van der Waals surface area contributed by atoms with Gasteiger partial charge < -0.3 is 15.0 Å². The van der Waals surface area contributed by atoms with E-state index in [1.807, 2.05) is 63.2 Å². The summed E-state index contributed by atoms with van der Waals surface area (Å²) in [5.74, 6) is 0.248. The van der Waals surface area contributed by atoms with Crippen LogP contribution in [0.4, 0.5) is 0 Å². The zero-order valence-corrected chi connectivity index (χ0v) is 19.8. The molecule has 1 atom stereocenters. The van der Waals surface area contributed by atoms with Crippen molar-refractivity contribution in [1.82, 2.24) is 10.2 Å². The molecule has 6 heteroatoms. The summed E-state index contributed by atoms with van der Waals surface area (Å²) in [6.45, 7) is 8.63. The minimum atomic E-state index is -0.549. The van der Waals surface area contributed by atoms with Gasteiger partial charge in [-0.2, -0.15) is 0 Å². The van der Waals surface area contributed by atoms with Crippen molar-refractivity contribution in [3.8, 4) is 5.75 Å². The topological polar surface area (TPSA) is 58.6 Å². The van der Waals surface area contributed by atoms with Gasteiger partial charge in [-0.05, 0) is 65.9 Å². The van der Waals surface area contributed by atoms with Crippen molar-refractivity contribution in [3.63, 3.8) is 0 Å². The second kappa shape index (κ2) is 11.7. The van der Waals surface area contributed by atoms with Gasteiger partial charge in [0.05, 0.1) is 4.47 Å². The molecule has 0 spiro atoms. The third-order valence-electron chi connectivity index (χ3n) is 4.93. The number of nitrogens with one attached hydrogen (secondary N) is 1. The minimum absolute atomic E-state index is 0.133. The quantitative estimate of drug-likeness (QED) is 0.545. The Labute approximate surface area is 187 Å². The lowest BCUT2D eigenvalue weighted by molar-refractivity contribution is -0.142. The van der Waals surface area contributed by atoms with E-state index in [9.17, 15) is 9.59 Å². The van der Waals surface area contributed by atoms with Crippen molar-refractivity contribution >= 4 is 27.7 Å². The lowest BCUT2D eigenvalue weighted by Gasteiger charge is -2.30. The van der Waals surface area contributed by atoms with Gasteiger partial charge in [0.15, 0.2) is 6.61 Å². The molecule has 0 heterocycles. The lowest BCUT2D eigenvalue weighted by Crippen LogP contribution is -2.50. The minimum Gasteiger partial charge on any atom is -0.483 e. The first-order chi connectivity index (χ1) is 14.4. The Hall–Kier alpha value is -2.34. The van der Waals surface area contributed by atoms with Crippen molar-refractivity contribution in [2.24, 2.45) is 0 Å². The number of ether oxygens (including phenoxy) is 1. The van der Waals surface area contributed by atoms with E-state index in [-0.39, 0.29) is 18.4 Å². The number of rotatable bonds is 10. The number of carbonyl (C=O) groups excluding carboxylic acids is 2. The molecule has 0 saturated heterocycles. The highest BCUT2D eigenvalue weighted by molar-refractivity contribution is 9.10. The van der Waals surface area contributed by atoms with Crippen LogP contribution >= 0.6 is 15.9 Å². The zero-order valence-electron chi connectivity index (χ0n) is 18.2. The van der Waals surface area contributed by atoms with Crippen LogP contribution in [0.2, 0.25) is 0 Å². The number of hydrogen-bond donors (Lipinski definition) is 1. The summed E-state index contributed by atoms with van der Waals surface area (Å²) in [5, 5.41) is 2.84. The maximum absolute atomic E-state index is 13.2. The predicted octanol–water partition coefficient (Wildman–Crippen LogP) is 4.64. The molecule has 162 valence electrons. The molecule has 0 aliphatic heterocycles. The summed E-state index contributed by atoms with van der Waals surface area (Å²) < 4.78 is 6.62. The molecule has 2 aromatic rings. The van der Waals surface area contributed by atoms with Crippen LogP contribution in [0.1, 0.15) is 43.9 Å². The molecule has 30 heavy (non-hydrogen) atoms. The molecule has 0 bridgehead atoms. The van der Waals surface area contributed by atoms with Crippen molar-refractivity contribution in [1.29, 1.82) is 0 Å². The third kappa shape index (κ3) is 6.59. The standard InChI is InChI=1S/C24H31BrN2O3/c1-5-18-11-12-22(20(25)14-18)30-16-23(28)27(21(6-2)24(29)26-7-3)15-19-10-8-9-17(4)13-19/h8-14,21H,5-7,15-16H2,1-4H3,(H,26,29)/t21-/m1/s1. The van der Waals surface area contributed by atoms with Crippen LogP contribution in [0.25, 0.3) is 0 Å². The largest absolute Gasteiger partial charge is 0.483 e. The van der Waals surface area contributed by atoms with Gasteiger partial charge in [-0.25, -0.2) is 0 Å². The maximum Gasteiger partial charge on any atom is 0.261 e. The van der Waals surface area contributed by atoms with Crippen LogP contribution in [-0.4, -0.2) is 35.9 Å². The number of halogens is 1. The number of likely N-dealkylation sites (N-methyl/N-ethyl adjacent to an activating group) is 1. The summed E-state index contributed by atoms with van der Waals surface area (Å²) in [7, 11) is 0. The molecule has 2 rings (SSSR count). The molecule has 0 aromatic heterocycles. The summed E-state index contributed by atoms with van der Waals surface area (Å²) in [4.78, 5) is 27.4. The first-order valence-corrected chi connectivity index (χ1v) is 11.2. The number of benzene rings is 2. The Bertz CT molecular complexity index is 869. The molecule has 0 saturated carbocycles.